The van der Waals surface area contributed by atoms with E-state index in [0.717, 1.165) is 36.4 Å². The number of pyridine rings is 1. The highest BCUT2D eigenvalue weighted by atomic mass is 32.2. The van der Waals surface area contributed by atoms with Crippen molar-refractivity contribution in [2.24, 2.45) is 0 Å². The van der Waals surface area contributed by atoms with Crippen molar-refractivity contribution in [2.75, 3.05) is 5.75 Å². The number of nitrogens with zero attached hydrogens (tertiary/aromatic N) is 1. The van der Waals surface area contributed by atoms with Crippen molar-refractivity contribution in [2.45, 2.75) is 43.8 Å². The number of hydrogen-bond acceptors (Lipinski definition) is 2. The molecule has 0 bridgehead atoms. The van der Waals surface area contributed by atoms with Crippen LogP contribution in [-0.4, -0.2) is 19.7 Å². The van der Waals surface area contributed by atoms with Crippen LogP contribution < -0.4 is 0 Å². The third kappa shape index (κ3) is 5.33. The lowest BCUT2D eigenvalue weighted by Crippen LogP contribution is -2.28. The Morgan fingerprint density at radius 3 is 1.96 bits per heavy atom. The van der Waals surface area contributed by atoms with E-state index in [-0.39, 0.29) is 17.0 Å². The molecule has 0 N–H and O–H groups in total. The largest absolute Gasteiger partial charge is 0.418 e. The summed E-state index contributed by atoms with van der Waals surface area (Å²) in [4.78, 5) is 3.85. The van der Waals surface area contributed by atoms with Crippen molar-refractivity contribution >= 4 is 10.8 Å². The Kier molecular flexibility index (Phi) is 6.28. The van der Waals surface area contributed by atoms with Crippen LogP contribution in [0.4, 0.5) is 26.3 Å². The summed E-state index contributed by atoms with van der Waals surface area (Å²) >= 11 is 0. The van der Waals surface area contributed by atoms with Gasteiger partial charge >= 0.3 is 12.4 Å². The van der Waals surface area contributed by atoms with E-state index in [1.165, 1.54) is 6.20 Å². The minimum absolute atomic E-state index is 0.190. The van der Waals surface area contributed by atoms with Gasteiger partial charge in [0.15, 0.2) is 0 Å². The first-order valence-electron chi connectivity index (χ1n) is 8.29. The Hall–Kier alpha value is -1.90. The lowest BCUT2D eigenvalue weighted by Gasteiger charge is -2.25. The van der Waals surface area contributed by atoms with Gasteiger partial charge in [-0.15, -0.1) is 0 Å². The smallest absolute Gasteiger partial charge is 0.260 e. The van der Waals surface area contributed by atoms with Crippen LogP contribution in [0.3, 0.4) is 0 Å². The molecule has 0 aliphatic heterocycles. The van der Waals surface area contributed by atoms with Crippen LogP contribution in [0.1, 0.15) is 49.1 Å². The molecule has 9 heteroatoms. The maximum absolute atomic E-state index is 13.5. The first kappa shape index (κ1) is 22.4. The summed E-state index contributed by atoms with van der Waals surface area (Å²) in [6.07, 6.45) is -8.08. The minimum atomic E-state index is -4.70. The van der Waals surface area contributed by atoms with E-state index < -0.39 is 44.9 Å². The number of alkyl halides is 6. The monoisotopic (exact) mass is 423 g/mol. The molecular weight excluding hydrogens is 404 g/mol. The van der Waals surface area contributed by atoms with Gasteiger partial charge in [-0.25, -0.2) is 0 Å². The fraction of sp³-hybridized carbons (Fsp3) is 0.421. The molecule has 2 aromatic rings. The van der Waals surface area contributed by atoms with Crippen LogP contribution >= 0.6 is 0 Å². The first-order chi connectivity index (χ1) is 12.7. The highest BCUT2D eigenvalue weighted by Gasteiger charge is 2.38. The number of aromatic nitrogens is 1. The fourth-order valence-electron chi connectivity index (χ4n) is 2.57. The summed E-state index contributed by atoms with van der Waals surface area (Å²) in [5.41, 5.74) is -2.07. The van der Waals surface area contributed by atoms with Gasteiger partial charge in [0.05, 0.1) is 16.8 Å². The quantitative estimate of drug-likeness (QED) is 0.582. The van der Waals surface area contributed by atoms with E-state index >= 15 is 0 Å². The molecule has 0 aliphatic carbocycles. The van der Waals surface area contributed by atoms with Crippen molar-refractivity contribution in [1.82, 2.24) is 4.98 Å². The van der Waals surface area contributed by atoms with E-state index in [1.807, 2.05) is 0 Å². The predicted molar refractivity (Wildman–Crippen MR) is 95.3 cm³/mol. The predicted octanol–water partition coefficient (Wildman–Crippen LogP) is 5.80. The molecule has 2 nitrogen and oxygen atoms in total. The van der Waals surface area contributed by atoms with Crippen LogP contribution in [0.2, 0.25) is 0 Å². The Morgan fingerprint density at radius 1 is 0.929 bits per heavy atom. The fourth-order valence-corrected chi connectivity index (χ4v) is 3.73. The summed E-state index contributed by atoms with van der Waals surface area (Å²) < 4.78 is 90.7. The lowest BCUT2D eigenvalue weighted by molar-refractivity contribution is -0.139. The summed E-state index contributed by atoms with van der Waals surface area (Å²) in [6.45, 7) is 5.03. The Labute approximate surface area is 161 Å². The van der Waals surface area contributed by atoms with Gasteiger partial charge in [-0.1, -0.05) is 12.1 Å². The van der Waals surface area contributed by atoms with Crippen molar-refractivity contribution in [1.29, 1.82) is 0 Å². The molecule has 28 heavy (non-hydrogen) atoms. The van der Waals surface area contributed by atoms with E-state index in [9.17, 15) is 30.6 Å². The van der Waals surface area contributed by atoms with Crippen LogP contribution in [0.15, 0.2) is 42.6 Å². The maximum atomic E-state index is 13.5. The molecule has 0 unspecified atom stereocenters. The van der Waals surface area contributed by atoms with Gasteiger partial charge in [0.2, 0.25) is 0 Å². The lowest BCUT2D eigenvalue weighted by atomic mass is 9.93. The van der Waals surface area contributed by atoms with E-state index in [0.29, 0.717) is 0 Å². The molecule has 0 spiro atoms. The van der Waals surface area contributed by atoms with Crippen molar-refractivity contribution in [3.8, 4) is 0 Å². The van der Waals surface area contributed by atoms with Crippen LogP contribution in [0.25, 0.3) is 0 Å². The molecule has 0 radical (unpaired) electrons. The number of benzene rings is 1. The average molecular weight is 423 g/mol. The highest BCUT2D eigenvalue weighted by molar-refractivity contribution is 7.86. The summed E-state index contributed by atoms with van der Waals surface area (Å²) in [6, 6.07) is 5.83. The minimum Gasteiger partial charge on any atom is -0.260 e. The maximum Gasteiger partial charge on any atom is 0.418 e. The average Bonchev–Trinajstić information content (AvgIpc) is 2.57. The van der Waals surface area contributed by atoms with Gasteiger partial charge in [0.1, 0.15) is 0 Å². The topological polar surface area (TPSA) is 30.0 Å². The highest BCUT2D eigenvalue weighted by Crippen LogP contribution is 2.38. The molecule has 2 atom stereocenters. The van der Waals surface area contributed by atoms with Gasteiger partial charge in [0, 0.05) is 33.4 Å². The summed E-state index contributed by atoms with van der Waals surface area (Å²) in [5, 5.41) is 0. The van der Waals surface area contributed by atoms with Crippen LogP contribution in [0, 0.1) is 0 Å². The van der Waals surface area contributed by atoms with Crippen molar-refractivity contribution in [3.05, 3.63) is 65.0 Å². The molecule has 0 saturated carbocycles. The Morgan fingerprint density at radius 2 is 1.50 bits per heavy atom. The number of halogens is 6. The zero-order valence-electron chi connectivity index (χ0n) is 15.4. The van der Waals surface area contributed by atoms with Gasteiger partial charge in [0.25, 0.3) is 0 Å². The second-order valence-electron chi connectivity index (χ2n) is 7.23. The normalized spacial score (nSPS) is 15.3. The number of hydrogen-bond donors (Lipinski definition) is 0. The molecule has 1 aromatic carbocycles. The third-order valence-electron chi connectivity index (χ3n) is 4.12. The van der Waals surface area contributed by atoms with Gasteiger partial charge in [-0.2, -0.15) is 26.3 Å². The summed E-state index contributed by atoms with van der Waals surface area (Å²) in [5.74, 6) is -1.27. The molecule has 0 saturated heterocycles. The van der Waals surface area contributed by atoms with Gasteiger partial charge in [-0.3, -0.25) is 9.19 Å². The molecule has 1 aromatic heterocycles. The summed E-state index contributed by atoms with van der Waals surface area (Å²) in [7, 11) is -1.56. The van der Waals surface area contributed by atoms with Gasteiger partial charge < -0.3 is 0 Å². The van der Waals surface area contributed by atoms with Crippen molar-refractivity contribution < 1.29 is 30.6 Å². The molecule has 2 rings (SSSR count). The zero-order valence-corrected chi connectivity index (χ0v) is 16.2. The van der Waals surface area contributed by atoms with Gasteiger partial charge in [-0.05, 0) is 50.6 Å². The Bertz CT molecular complexity index is 837. The standard InChI is InChI=1S/C19H19F6NOS/c1-17(2,3)28(27)11-14(12-6-8-13(9-7-12)18(20,21)22)16-15(19(23,24)25)5-4-10-26-16/h4-10,14H,11H2,1-3H3/t14-,28+/m0/s1. The first-order valence-corrected chi connectivity index (χ1v) is 9.61. The zero-order chi connectivity index (χ0) is 21.3. The Balaban J connectivity index is 2.58. The second-order valence-corrected chi connectivity index (χ2v) is 9.48. The van der Waals surface area contributed by atoms with E-state index in [2.05, 4.69) is 4.98 Å². The third-order valence-corrected chi connectivity index (χ3v) is 6.12. The van der Waals surface area contributed by atoms with E-state index in [4.69, 9.17) is 0 Å². The number of rotatable bonds is 4. The molecule has 0 amide bonds. The van der Waals surface area contributed by atoms with Crippen LogP contribution in [-0.2, 0) is 23.2 Å². The molecule has 154 valence electrons. The van der Waals surface area contributed by atoms with Crippen LogP contribution in [0.5, 0.6) is 0 Å². The SMILES string of the molecule is CC(C)(C)[S@](=O)C[C@@H](c1ccc(C(F)(F)F)cc1)c1ncccc1C(F)(F)F. The van der Waals surface area contributed by atoms with Crippen molar-refractivity contribution in [3.63, 3.8) is 0 Å². The molecule has 1 heterocycles. The molecule has 0 fully saturated rings. The van der Waals surface area contributed by atoms with E-state index in [1.54, 1.807) is 20.8 Å². The molecule has 0 aliphatic rings. The second kappa shape index (κ2) is 7.85. The molecular formula is C19H19F6NOS.